The van der Waals surface area contributed by atoms with Gasteiger partial charge in [0.1, 0.15) is 12.2 Å². The van der Waals surface area contributed by atoms with Crippen LogP contribution in [0.1, 0.15) is 30.9 Å². The van der Waals surface area contributed by atoms with Crippen LogP contribution in [-0.4, -0.2) is 31.0 Å². The fraction of sp³-hybridized carbons (Fsp3) is 0.263. The van der Waals surface area contributed by atoms with E-state index >= 15 is 0 Å². The van der Waals surface area contributed by atoms with E-state index in [-0.39, 0.29) is 17.9 Å². The molecule has 1 amide bonds. The number of tetrazole rings is 1. The van der Waals surface area contributed by atoms with E-state index in [9.17, 15) is 14.9 Å². The molecule has 0 spiro atoms. The Morgan fingerprint density at radius 1 is 1.21 bits per heavy atom. The number of nitrogens with one attached hydrogen (secondary N) is 1. The molecule has 0 aliphatic carbocycles. The number of hydrogen-bond donors (Lipinski definition) is 1. The van der Waals surface area contributed by atoms with Crippen LogP contribution in [0.15, 0.2) is 42.5 Å². The first kappa shape index (κ1) is 19.2. The van der Waals surface area contributed by atoms with Gasteiger partial charge in [0.15, 0.2) is 0 Å². The molecule has 0 atom stereocenters. The van der Waals surface area contributed by atoms with Gasteiger partial charge < -0.3 is 5.32 Å². The van der Waals surface area contributed by atoms with Crippen molar-refractivity contribution in [3.63, 3.8) is 0 Å². The molecule has 28 heavy (non-hydrogen) atoms. The Bertz CT molecular complexity index is 1010. The minimum absolute atomic E-state index is 0.130. The average Bonchev–Trinajstić information content (AvgIpc) is 3.11. The Labute approximate surface area is 161 Å². The van der Waals surface area contributed by atoms with Crippen LogP contribution >= 0.6 is 0 Å². The predicted molar refractivity (Wildman–Crippen MR) is 104 cm³/mol. The third-order valence-electron chi connectivity index (χ3n) is 4.20. The van der Waals surface area contributed by atoms with Gasteiger partial charge >= 0.3 is 0 Å². The number of hydrogen-bond acceptors (Lipinski definition) is 6. The molecule has 144 valence electrons. The fourth-order valence-electron chi connectivity index (χ4n) is 2.66. The maximum Gasteiger partial charge on any atom is 0.293 e. The van der Waals surface area contributed by atoms with Crippen LogP contribution < -0.4 is 5.32 Å². The zero-order valence-electron chi connectivity index (χ0n) is 15.8. The number of carbonyl (C=O) groups excluding carboxylic acids is 1. The van der Waals surface area contributed by atoms with Gasteiger partial charge in [0.25, 0.3) is 5.69 Å². The van der Waals surface area contributed by atoms with E-state index in [0.29, 0.717) is 11.7 Å². The maximum absolute atomic E-state index is 12.2. The summed E-state index contributed by atoms with van der Waals surface area (Å²) >= 11 is 0. The Kier molecular flexibility index (Phi) is 5.44. The summed E-state index contributed by atoms with van der Waals surface area (Å²) in [6.07, 6.45) is 0. The Balaban J connectivity index is 1.70. The second-order valence-electron chi connectivity index (χ2n) is 6.75. The van der Waals surface area contributed by atoms with Crippen molar-refractivity contribution in [2.75, 3.05) is 5.32 Å². The minimum atomic E-state index is -0.532. The lowest BCUT2D eigenvalue weighted by atomic mass is 10.0. The first-order valence-corrected chi connectivity index (χ1v) is 8.76. The predicted octanol–water partition coefficient (Wildman–Crippen LogP) is 3.32. The molecule has 9 heteroatoms. The lowest BCUT2D eigenvalue weighted by molar-refractivity contribution is -0.384. The second-order valence-corrected chi connectivity index (χ2v) is 6.75. The number of aryl methyl sites for hydroxylation is 1. The number of anilines is 1. The Morgan fingerprint density at radius 3 is 2.57 bits per heavy atom. The summed E-state index contributed by atoms with van der Waals surface area (Å²) in [7, 11) is 0. The average molecular weight is 380 g/mol. The van der Waals surface area contributed by atoms with Crippen LogP contribution in [-0.2, 0) is 11.3 Å². The molecule has 3 aromatic rings. The smallest absolute Gasteiger partial charge is 0.293 e. The molecule has 1 aromatic heterocycles. The van der Waals surface area contributed by atoms with E-state index in [1.807, 2.05) is 24.3 Å². The third-order valence-corrected chi connectivity index (χ3v) is 4.20. The Hall–Kier alpha value is -3.62. The number of benzene rings is 2. The number of aromatic nitrogens is 4. The monoisotopic (exact) mass is 380 g/mol. The topological polar surface area (TPSA) is 116 Å². The zero-order valence-corrected chi connectivity index (χ0v) is 15.8. The molecular formula is C19H20N6O3. The van der Waals surface area contributed by atoms with Gasteiger partial charge in [-0.05, 0) is 35.2 Å². The van der Waals surface area contributed by atoms with Gasteiger partial charge in [0.05, 0.1) is 4.92 Å². The standard InChI is InChI=1S/C19H20N6O3/c1-12(2)14-5-7-15(8-6-14)19-21-23-24(22-19)11-18(26)20-16-9-4-13(3)10-17(16)25(27)28/h4-10,12H,11H2,1-3H3,(H,20,26). The van der Waals surface area contributed by atoms with E-state index in [2.05, 4.69) is 34.6 Å². The molecular weight excluding hydrogens is 360 g/mol. The number of amides is 1. The molecule has 0 saturated carbocycles. The normalized spacial score (nSPS) is 10.9. The molecule has 0 unspecified atom stereocenters. The van der Waals surface area contributed by atoms with E-state index < -0.39 is 10.8 Å². The van der Waals surface area contributed by atoms with Gasteiger partial charge in [-0.25, -0.2) is 0 Å². The van der Waals surface area contributed by atoms with E-state index in [0.717, 1.165) is 15.9 Å². The van der Waals surface area contributed by atoms with Crippen LogP contribution in [0.2, 0.25) is 0 Å². The third kappa shape index (κ3) is 4.37. The summed E-state index contributed by atoms with van der Waals surface area (Å²) in [5.41, 5.74) is 2.70. The molecule has 0 fully saturated rings. The molecule has 3 rings (SSSR count). The van der Waals surface area contributed by atoms with Crippen molar-refractivity contribution in [2.45, 2.75) is 33.2 Å². The van der Waals surface area contributed by atoms with Crippen molar-refractivity contribution in [2.24, 2.45) is 0 Å². The van der Waals surface area contributed by atoms with Crippen molar-refractivity contribution in [3.05, 3.63) is 63.7 Å². The highest BCUT2D eigenvalue weighted by molar-refractivity contribution is 5.92. The minimum Gasteiger partial charge on any atom is -0.319 e. The van der Waals surface area contributed by atoms with Crippen LogP contribution in [0, 0.1) is 17.0 Å². The molecule has 1 N–H and O–H groups in total. The number of rotatable bonds is 6. The van der Waals surface area contributed by atoms with Gasteiger partial charge in [-0.1, -0.05) is 44.2 Å². The van der Waals surface area contributed by atoms with Crippen LogP contribution in [0.25, 0.3) is 11.4 Å². The second kappa shape index (κ2) is 7.95. The van der Waals surface area contributed by atoms with Gasteiger partial charge in [-0.3, -0.25) is 14.9 Å². The lowest BCUT2D eigenvalue weighted by Gasteiger charge is -2.06. The molecule has 0 aliphatic rings. The summed E-state index contributed by atoms with van der Waals surface area (Å²) in [6.45, 7) is 5.76. The highest BCUT2D eigenvalue weighted by Gasteiger charge is 2.17. The van der Waals surface area contributed by atoms with Crippen molar-refractivity contribution in [3.8, 4) is 11.4 Å². The van der Waals surface area contributed by atoms with Gasteiger partial charge in [0, 0.05) is 11.6 Å². The molecule has 2 aromatic carbocycles. The summed E-state index contributed by atoms with van der Waals surface area (Å²) in [6, 6.07) is 12.4. The number of nitro groups is 1. The lowest BCUT2D eigenvalue weighted by Crippen LogP contribution is -2.21. The molecule has 1 heterocycles. The van der Waals surface area contributed by atoms with E-state index in [1.165, 1.54) is 17.7 Å². The molecule has 9 nitrogen and oxygen atoms in total. The van der Waals surface area contributed by atoms with Crippen LogP contribution in [0.5, 0.6) is 0 Å². The molecule has 0 aliphatic heterocycles. The zero-order chi connectivity index (χ0) is 20.3. The van der Waals surface area contributed by atoms with Gasteiger partial charge in [0.2, 0.25) is 11.7 Å². The van der Waals surface area contributed by atoms with Gasteiger partial charge in [-0.2, -0.15) is 4.80 Å². The van der Waals surface area contributed by atoms with Gasteiger partial charge in [-0.15, -0.1) is 10.2 Å². The summed E-state index contributed by atoms with van der Waals surface area (Å²) in [5.74, 6) is 0.350. The van der Waals surface area contributed by atoms with E-state index in [4.69, 9.17) is 0 Å². The highest BCUT2D eigenvalue weighted by atomic mass is 16.6. The SMILES string of the molecule is Cc1ccc(NC(=O)Cn2nnc(-c3ccc(C(C)C)cc3)n2)c([N+](=O)[O-])c1. The molecule has 0 bridgehead atoms. The summed E-state index contributed by atoms with van der Waals surface area (Å²) in [5, 5.41) is 25.7. The van der Waals surface area contributed by atoms with Crippen LogP contribution in [0.3, 0.4) is 0 Å². The Morgan fingerprint density at radius 2 is 1.93 bits per heavy atom. The van der Waals surface area contributed by atoms with Crippen molar-refractivity contribution < 1.29 is 9.72 Å². The van der Waals surface area contributed by atoms with Crippen molar-refractivity contribution >= 4 is 17.3 Å². The summed E-state index contributed by atoms with van der Waals surface area (Å²) < 4.78 is 0. The van der Waals surface area contributed by atoms with E-state index in [1.54, 1.807) is 13.0 Å². The van der Waals surface area contributed by atoms with Crippen molar-refractivity contribution in [1.82, 2.24) is 20.2 Å². The first-order chi connectivity index (χ1) is 13.3. The maximum atomic E-state index is 12.2. The molecule has 0 saturated heterocycles. The number of carbonyl (C=O) groups is 1. The number of nitro benzene ring substituents is 1. The number of nitrogens with zero attached hydrogens (tertiary/aromatic N) is 5. The highest BCUT2D eigenvalue weighted by Crippen LogP contribution is 2.25. The summed E-state index contributed by atoms with van der Waals surface area (Å²) in [4.78, 5) is 24.0. The van der Waals surface area contributed by atoms with Crippen molar-refractivity contribution in [1.29, 1.82) is 0 Å². The quantitative estimate of drug-likeness (QED) is 0.518. The first-order valence-electron chi connectivity index (χ1n) is 8.76. The fourth-order valence-corrected chi connectivity index (χ4v) is 2.66. The van der Waals surface area contributed by atoms with Crippen LogP contribution in [0.4, 0.5) is 11.4 Å². The molecule has 0 radical (unpaired) electrons. The largest absolute Gasteiger partial charge is 0.319 e.